The van der Waals surface area contributed by atoms with Crippen molar-refractivity contribution in [1.82, 2.24) is 0 Å². The van der Waals surface area contributed by atoms with Gasteiger partial charge in [0.05, 0.1) is 0 Å². The van der Waals surface area contributed by atoms with Crippen molar-refractivity contribution in [2.45, 2.75) is 79.1 Å². The minimum absolute atomic E-state index is 0.0301. The van der Waals surface area contributed by atoms with E-state index in [-0.39, 0.29) is 5.92 Å². The molecule has 0 spiro atoms. The van der Waals surface area contributed by atoms with E-state index in [1.54, 1.807) is 0 Å². The first-order chi connectivity index (χ1) is 13.3. The number of aromatic hydroxyl groups is 2. The van der Waals surface area contributed by atoms with Gasteiger partial charge in [-0.15, -0.1) is 0 Å². The highest BCUT2D eigenvalue weighted by molar-refractivity contribution is 5.53. The zero-order valence-corrected chi connectivity index (χ0v) is 18.2. The Hall–Kier alpha value is -2.22. The predicted octanol–water partition coefficient (Wildman–Crippen LogP) is 7.38. The Bertz CT molecular complexity index is 760. The summed E-state index contributed by atoms with van der Waals surface area (Å²) in [6.07, 6.45) is 11.2. The molecule has 0 saturated carbocycles. The van der Waals surface area contributed by atoms with Gasteiger partial charge in [-0.1, -0.05) is 67.3 Å². The number of benzene rings is 2. The molecule has 0 heterocycles. The van der Waals surface area contributed by atoms with E-state index in [0.29, 0.717) is 11.5 Å². The van der Waals surface area contributed by atoms with Gasteiger partial charge in [-0.25, -0.2) is 0 Å². The predicted molar refractivity (Wildman–Crippen MR) is 120 cm³/mol. The van der Waals surface area contributed by atoms with Gasteiger partial charge in [0.25, 0.3) is 0 Å². The quantitative estimate of drug-likeness (QED) is 0.352. The first kappa shape index (κ1) is 22.1. The van der Waals surface area contributed by atoms with E-state index >= 15 is 0 Å². The van der Waals surface area contributed by atoms with Crippen LogP contribution in [0, 0.1) is 27.7 Å². The van der Waals surface area contributed by atoms with Crippen LogP contribution in [0.2, 0.25) is 0 Å². The second-order valence-corrected chi connectivity index (χ2v) is 8.14. The number of aryl methyl sites for hydroxylation is 4. The zero-order chi connectivity index (χ0) is 20.7. The number of rotatable bonds is 9. The lowest BCUT2D eigenvalue weighted by Gasteiger charge is -2.22. The van der Waals surface area contributed by atoms with Crippen molar-refractivity contribution in [3.63, 3.8) is 0 Å². The van der Waals surface area contributed by atoms with Gasteiger partial charge in [0.1, 0.15) is 11.5 Å². The molecule has 152 valence electrons. The molecule has 0 amide bonds. The van der Waals surface area contributed by atoms with E-state index < -0.39 is 0 Å². The lowest BCUT2D eigenvalue weighted by molar-refractivity contribution is 0.446. The van der Waals surface area contributed by atoms with Crippen LogP contribution in [-0.2, 0) is 0 Å². The van der Waals surface area contributed by atoms with E-state index in [4.69, 9.17) is 0 Å². The normalized spacial score (nSPS) is 11.6. The van der Waals surface area contributed by atoms with Crippen LogP contribution in [0.25, 0.3) is 0 Å². The van der Waals surface area contributed by atoms with Crippen LogP contribution in [-0.4, -0.2) is 10.2 Å². The van der Waals surface area contributed by atoms with Crippen molar-refractivity contribution in [1.29, 1.82) is 0 Å². The topological polar surface area (TPSA) is 40.5 Å². The molecule has 2 rings (SSSR count). The Balaban J connectivity index is 2.35. The number of phenols is 2. The van der Waals surface area contributed by atoms with Crippen molar-refractivity contribution >= 4 is 0 Å². The molecule has 0 aliphatic heterocycles. The highest BCUT2D eigenvalue weighted by Gasteiger charge is 2.22. The molecule has 0 fully saturated rings. The van der Waals surface area contributed by atoms with Gasteiger partial charge in [-0.2, -0.15) is 0 Å². The van der Waals surface area contributed by atoms with Crippen molar-refractivity contribution in [3.8, 4) is 11.5 Å². The van der Waals surface area contributed by atoms with Crippen LogP contribution >= 0.6 is 0 Å². The van der Waals surface area contributed by atoms with E-state index in [1.165, 1.54) is 19.3 Å². The summed E-state index contributed by atoms with van der Waals surface area (Å²) >= 11 is 0. The summed E-state index contributed by atoms with van der Waals surface area (Å²) < 4.78 is 0. The summed E-state index contributed by atoms with van der Waals surface area (Å²) in [6, 6.07) is 8.14. The third kappa shape index (κ3) is 5.64. The van der Waals surface area contributed by atoms with Crippen LogP contribution in [0.15, 0.2) is 36.4 Å². The van der Waals surface area contributed by atoms with Crippen LogP contribution in [0.5, 0.6) is 11.5 Å². The van der Waals surface area contributed by atoms with Crippen molar-refractivity contribution in [2.75, 3.05) is 0 Å². The number of unbranched alkanes of at least 4 members (excludes halogenated alkanes) is 3. The Morgan fingerprint density at radius 2 is 1.25 bits per heavy atom. The molecule has 2 aromatic carbocycles. The van der Waals surface area contributed by atoms with Crippen LogP contribution in [0.1, 0.15) is 84.7 Å². The maximum Gasteiger partial charge on any atom is 0.122 e. The molecule has 0 atom stereocenters. The molecule has 0 radical (unpaired) electrons. The van der Waals surface area contributed by atoms with Crippen LogP contribution < -0.4 is 0 Å². The van der Waals surface area contributed by atoms with Gasteiger partial charge in [0, 0.05) is 17.0 Å². The Morgan fingerprint density at radius 3 is 1.75 bits per heavy atom. The molecule has 28 heavy (non-hydrogen) atoms. The molecule has 2 N–H and O–H groups in total. The third-order valence-electron chi connectivity index (χ3n) is 5.46. The third-order valence-corrected chi connectivity index (χ3v) is 5.46. The second kappa shape index (κ2) is 10.4. The first-order valence-corrected chi connectivity index (χ1v) is 10.6. The van der Waals surface area contributed by atoms with Crippen molar-refractivity contribution < 1.29 is 10.2 Å². The van der Waals surface area contributed by atoms with Gasteiger partial charge in [0.2, 0.25) is 0 Å². The molecule has 2 aromatic rings. The van der Waals surface area contributed by atoms with Gasteiger partial charge in [-0.3, -0.25) is 0 Å². The summed E-state index contributed by atoms with van der Waals surface area (Å²) in [7, 11) is 0. The van der Waals surface area contributed by atoms with E-state index in [9.17, 15) is 10.2 Å². The molecule has 0 saturated heterocycles. The van der Waals surface area contributed by atoms with Crippen molar-refractivity contribution in [2.24, 2.45) is 0 Å². The molecule has 0 unspecified atom stereocenters. The van der Waals surface area contributed by atoms with E-state index in [1.807, 2.05) is 26.0 Å². The Labute approximate surface area is 170 Å². The summed E-state index contributed by atoms with van der Waals surface area (Å²) in [4.78, 5) is 0. The van der Waals surface area contributed by atoms with Crippen LogP contribution in [0.3, 0.4) is 0 Å². The molecule has 0 aliphatic rings. The summed E-state index contributed by atoms with van der Waals surface area (Å²) in [5.74, 6) is 0.666. The van der Waals surface area contributed by atoms with E-state index in [2.05, 4.69) is 45.1 Å². The Kier molecular flexibility index (Phi) is 8.17. The average Bonchev–Trinajstić information content (AvgIpc) is 2.64. The molecule has 2 heteroatoms. The van der Waals surface area contributed by atoms with Gasteiger partial charge in [-0.05, 0) is 64.5 Å². The minimum Gasteiger partial charge on any atom is -0.507 e. The van der Waals surface area contributed by atoms with E-state index in [0.717, 1.165) is 52.6 Å². The number of hydrogen-bond donors (Lipinski definition) is 2. The maximum absolute atomic E-state index is 10.8. The molecule has 0 bridgehead atoms. The lowest BCUT2D eigenvalue weighted by atomic mass is 9.83. The molecule has 2 nitrogen and oxygen atoms in total. The SMILES string of the molecule is CCCCC/C=C/CCC(c1cc(C)cc(C)c1O)c1cc(C)cc(C)c1O. The monoisotopic (exact) mass is 380 g/mol. The number of hydrogen-bond acceptors (Lipinski definition) is 2. The molecular formula is C26H36O2. The smallest absolute Gasteiger partial charge is 0.122 e. The fourth-order valence-corrected chi connectivity index (χ4v) is 4.01. The second-order valence-electron chi connectivity index (χ2n) is 8.14. The number of allylic oxidation sites excluding steroid dienone is 2. The zero-order valence-electron chi connectivity index (χ0n) is 18.2. The highest BCUT2D eigenvalue weighted by atomic mass is 16.3. The fourth-order valence-electron chi connectivity index (χ4n) is 4.01. The van der Waals surface area contributed by atoms with Crippen LogP contribution in [0.4, 0.5) is 0 Å². The number of phenolic OH excluding ortho intramolecular Hbond substituents is 2. The maximum atomic E-state index is 10.8. The molecular weight excluding hydrogens is 344 g/mol. The summed E-state index contributed by atoms with van der Waals surface area (Å²) in [6.45, 7) is 10.2. The lowest BCUT2D eigenvalue weighted by Crippen LogP contribution is -2.05. The average molecular weight is 381 g/mol. The highest BCUT2D eigenvalue weighted by Crippen LogP contribution is 2.42. The first-order valence-electron chi connectivity index (χ1n) is 10.6. The van der Waals surface area contributed by atoms with Gasteiger partial charge >= 0.3 is 0 Å². The Morgan fingerprint density at radius 1 is 0.750 bits per heavy atom. The summed E-state index contributed by atoms with van der Waals surface area (Å²) in [5, 5.41) is 21.6. The molecule has 0 aromatic heterocycles. The minimum atomic E-state index is -0.0301. The standard InChI is InChI=1S/C26H36O2/c1-6-7-8-9-10-11-12-13-22(23-16-18(2)14-20(4)25(23)27)24-17-19(3)15-21(5)26(24)28/h10-11,14-17,22,27-28H,6-9,12-13H2,1-5H3/b11-10+. The van der Waals surface area contributed by atoms with Crippen molar-refractivity contribution in [3.05, 3.63) is 69.8 Å². The fraction of sp³-hybridized carbons (Fsp3) is 0.462. The molecule has 0 aliphatic carbocycles. The largest absolute Gasteiger partial charge is 0.507 e. The van der Waals surface area contributed by atoms with Gasteiger partial charge in [0.15, 0.2) is 0 Å². The summed E-state index contributed by atoms with van der Waals surface area (Å²) in [5.41, 5.74) is 5.87. The van der Waals surface area contributed by atoms with Gasteiger partial charge < -0.3 is 10.2 Å².